The lowest BCUT2D eigenvalue weighted by Gasteiger charge is -2.34. The van der Waals surface area contributed by atoms with Crippen molar-refractivity contribution in [2.24, 2.45) is 0 Å². The first-order valence-electron chi connectivity index (χ1n) is 8.65. The molecule has 0 aliphatic carbocycles. The van der Waals surface area contributed by atoms with Gasteiger partial charge in [0.05, 0.1) is 0 Å². The second kappa shape index (κ2) is 7.69. The van der Waals surface area contributed by atoms with E-state index in [4.69, 9.17) is 0 Å². The van der Waals surface area contributed by atoms with Gasteiger partial charge in [0, 0.05) is 51.8 Å². The number of piperazine rings is 1. The van der Waals surface area contributed by atoms with E-state index in [0.717, 1.165) is 5.69 Å². The molecule has 1 aromatic carbocycles. The fraction of sp³-hybridized carbons (Fsp3) is 0.579. The van der Waals surface area contributed by atoms with Crippen LogP contribution in [0.3, 0.4) is 0 Å². The highest BCUT2D eigenvalue weighted by atomic mass is 16.2. The van der Waals surface area contributed by atoms with Crippen LogP contribution in [-0.4, -0.2) is 54.3 Å². The van der Waals surface area contributed by atoms with E-state index >= 15 is 0 Å². The third kappa shape index (κ3) is 4.98. The van der Waals surface area contributed by atoms with Crippen molar-refractivity contribution < 1.29 is 9.59 Å². The molecule has 132 valence electrons. The van der Waals surface area contributed by atoms with E-state index < -0.39 is 0 Å². The largest absolute Gasteiger partial charge is 0.385 e. The van der Waals surface area contributed by atoms with Crippen molar-refractivity contribution in [3.05, 3.63) is 29.8 Å². The average Bonchev–Trinajstić information content (AvgIpc) is 2.54. The summed E-state index contributed by atoms with van der Waals surface area (Å²) in [5.74, 6) is 0.236. The molecule has 1 saturated heterocycles. The maximum absolute atomic E-state index is 12.2. The molecule has 1 aromatic rings. The summed E-state index contributed by atoms with van der Waals surface area (Å²) in [7, 11) is 0. The molecule has 1 fully saturated rings. The predicted molar refractivity (Wildman–Crippen MR) is 97.1 cm³/mol. The monoisotopic (exact) mass is 331 g/mol. The first-order valence-corrected chi connectivity index (χ1v) is 8.65. The molecule has 0 saturated carbocycles. The quantitative estimate of drug-likeness (QED) is 0.922. The molecule has 0 spiro atoms. The Kier molecular flexibility index (Phi) is 5.86. The molecule has 0 radical (unpaired) electrons. The molecule has 1 aliphatic heterocycles. The first kappa shape index (κ1) is 18.3. The minimum atomic E-state index is 0.0856. The molecule has 0 bridgehead atoms. The molecule has 24 heavy (non-hydrogen) atoms. The summed E-state index contributed by atoms with van der Waals surface area (Å²) in [6, 6.07) is 8.39. The smallest absolute Gasteiger partial charge is 0.224 e. The van der Waals surface area contributed by atoms with Crippen LogP contribution in [0.1, 0.15) is 39.7 Å². The Balaban J connectivity index is 1.74. The standard InChI is InChI=1S/C19H29N3O2/c1-15(23)21-11-13-22(14-12-21)18(24)9-10-20-17-7-5-16(6-8-17)19(2,3)4/h5-8,20H,9-14H2,1-4H3. The number of hydrogen-bond acceptors (Lipinski definition) is 3. The Labute approximate surface area is 145 Å². The zero-order valence-corrected chi connectivity index (χ0v) is 15.3. The van der Waals surface area contributed by atoms with Gasteiger partial charge in [0.25, 0.3) is 0 Å². The summed E-state index contributed by atoms with van der Waals surface area (Å²) in [5.41, 5.74) is 2.49. The molecular formula is C19H29N3O2. The highest BCUT2D eigenvalue weighted by Crippen LogP contribution is 2.23. The maximum atomic E-state index is 12.2. The van der Waals surface area contributed by atoms with Crippen LogP contribution in [0.2, 0.25) is 0 Å². The van der Waals surface area contributed by atoms with E-state index in [1.54, 1.807) is 11.8 Å². The van der Waals surface area contributed by atoms with E-state index in [9.17, 15) is 9.59 Å². The number of carbonyl (C=O) groups is 2. The Morgan fingerprint density at radius 1 is 1.00 bits per heavy atom. The summed E-state index contributed by atoms with van der Waals surface area (Å²) in [4.78, 5) is 27.2. The molecule has 1 aliphatic rings. The van der Waals surface area contributed by atoms with Crippen molar-refractivity contribution in [1.29, 1.82) is 0 Å². The number of nitrogens with zero attached hydrogens (tertiary/aromatic N) is 2. The Bertz CT molecular complexity index is 567. The van der Waals surface area contributed by atoms with Gasteiger partial charge < -0.3 is 15.1 Å². The number of amides is 2. The average molecular weight is 331 g/mol. The van der Waals surface area contributed by atoms with Crippen molar-refractivity contribution in [2.45, 2.75) is 39.5 Å². The van der Waals surface area contributed by atoms with Crippen molar-refractivity contribution in [2.75, 3.05) is 38.0 Å². The zero-order valence-electron chi connectivity index (χ0n) is 15.3. The van der Waals surface area contributed by atoms with E-state index in [0.29, 0.717) is 39.1 Å². The maximum Gasteiger partial charge on any atom is 0.224 e. The number of benzene rings is 1. The normalized spacial score (nSPS) is 15.3. The van der Waals surface area contributed by atoms with Crippen molar-refractivity contribution in [3.63, 3.8) is 0 Å². The van der Waals surface area contributed by atoms with Gasteiger partial charge in [0.15, 0.2) is 0 Å². The van der Waals surface area contributed by atoms with Gasteiger partial charge in [0.2, 0.25) is 11.8 Å². The summed E-state index contributed by atoms with van der Waals surface area (Å²) in [6.45, 7) is 11.3. The van der Waals surface area contributed by atoms with E-state index in [1.807, 2.05) is 4.90 Å². The number of rotatable bonds is 4. The number of hydrogen-bond donors (Lipinski definition) is 1. The van der Waals surface area contributed by atoms with Crippen LogP contribution in [0.25, 0.3) is 0 Å². The van der Waals surface area contributed by atoms with Gasteiger partial charge in [-0.1, -0.05) is 32.9 Å². The van der Waals surface area contributed by atoms with Crippen LogP contribution >= 0.6 is 0 Å². The lowest BCUT2D eigenvalue weighted by Crippen LogP contribution is -2.50. The van der Waals surface area contributed by atoms with Crippen LogP contribution < -0.4 is 5.32 Å². The molecule has 5 nitrogen and oxygen atoms in total. The molecule has 1 N–H and O–H groups in total. The lowest BCUT2D eigenvalue weighted by atomic mass is 9.87. The van der Waals surface area contributed by atoms with Crippen LogP contribution in [-0.2, 0) is 15.0 Å². The molecule has 2 amide bonds. The second-order valence-electron chi connectivity index (χ2n) is 7.39. The fourth-order valence-corrected chi connectivity index (χ4v) is 2.83. The minimum Gasteiger partial charge on any atom is -0.385 e. The Morgan fingerprint density at radius 3 is 2.04 bits per heavy atom. The number of nitrogens with one attached hydrogen (secondary N) is 1. The first-order chi connectivity index (χ1) is 11.3. The molecular weight excluding hydrogens is 302 g/mol. The lowest BCUT2D eigenvalue weighted by molar-refractivity contribution is -0.138. The van der Waals surface area contributed by atoms with Gasteiger partial charge in [-0.2, -0.15) is 0 Å². The summed E-state index contributed by atoms with van der Waals surface area (Å²) >= 11 is 0. The van der Waals surface area contributed by atoms with Gasteiger partial charge >= 0.3 is 0 Å². The van der Waals surface area contributed by atoms with Gasteiger partial charge in [0.1, 0.15) is 0 Å². The van der Waals surface area contributed by atoms with Crippen molar-refractivity contribution in [1.82, 2.24) is 9.80 Å². The molecule has 0 unspecified atom stereocenters. The molecule has 5 heteroatoms. The minimum absolute atomic E-state index is 0.0856. The molecule has 0 aromatic heterocycles. The van der Waals surface area contributed by atoms with E-state index in [2.05, 4.69) is 50.4 Å². The van der Waals surface area contributed by atoms with E-state index in [1.165, 1.54) is 5.56 Å². The number of carbonyl (C=O) groups excluding carboxylic acids is 2. The molecule has 2 rings (SSSR count). The van der Waals surface area contributed by atoms with Gasteiger partial charge in [-0.25, -0.2) is 0 Å². The van der Waals surface area contributed by atoms with Crippen LogP contribution in [0, 0.1) is 0 Å². The third-order valence-corrected chi connectivity index (χ3v) is 4.50. The fourth-order valence-electron chi connectivity index (χ4n) is 2.83. The highest BCUT2D eigenvalue weighted by molar-refractivity contribution is 5.78. The van der Waals surface area contributed by atoms with E-state index in [-0.39, 0.29) is 17.2 Å². The van der Waals surface area contributed by atoms with Crippen molar-refractivity contribution >= 4 is 17.5 Å². The van der Waals surface area contributed by atoms with Crippen LogP contribution in [0.4, 0.5) is 5.69 Å². The van der Waals surface area contributed by atoms with Gasteiger partial charge in [-0.05, 0) is 23.1 Å². The molecule has 1 heterocycles. The SMILES string of the molecule is CC(=O)N1CCN(C(=O)CCNc2ccc(C(C)(C)C)cc2)CC1. The van der Waals surface area contributed by atoms with Crippen LogP contribution in [0.5, 0.6) is 0 Å². The second-order valence-corrected chi connectivity index (χ2v) is 7.39. The Hall–Kier alpha value is -2.04. The summed E-state index contributed by atoms with van der Waals surface area (Å²) in [6.07, 6.45) is 0.473. The predicted octanol–water partition coefficient (Wildman–Crippen LogP) is 2.48. The highest BCUT2D eigenvalue weighted by Gasteiger charge is 2.21. The zero-order chi connectivity index (χ0) is 17.7. The van der Waals surface area contributed by atoms with Gasteiger partial charge in [-0.15, -0.1) is 0 Å². The number of anilines is 1. The Morgan fingerprint density at radius 2 is 1.54 bits per heavy atom. The van der Waals surface area contributed by atoms with Gasteiger partial charge in [-0.3, -0.25) is 9.59 Å². The molecule has 0 atom stereocenters. The van der Waals surface area contributed by atoms with Crippen LogP contribution in [0.15, 0.2) is 24.3 Å². The third-order valence-electron chi connectivity index (χ3n) is 4.50. The topological polar surface area (TPSA) is 52.7 Å². The summed E-state index contributed by atoms with van der Waals surface area (Å²) < 4.78 is 0. The van der Waals surface area contributed by atoms with Crippen molar-refractivity contribution in [3.8, 4) is 0 Å². The summed E-state index contributed by atoms with van der Waals surface area (Å²) in [5, 5.41) is 3.31.